The van der Waals surface area contributed by atoms with Crippen LogP contribution in [-0.2, 0) is 7.05 Å². The van der Waals surface area contributed by atoms with Gasteiger partial charge in [0.15, 0.2) is 0 Å². The van der Waals surface area contributed by atoms with E-state index in [1.165, 1.54) is 17.7 Å². The van der Waals surface area contributed by atoms with Crippen LogP contribution in [0.25, 0.3) is 5.69 Å². The van der Waals surface area contributed by atoms with Crippen LogP contribution in [0.5, 0.6) is 0 Å². The molecule has 2 aromatic rings. The lowest BCUT2D eigenvalue weighted by Gasteiger charge is -2.11. The second kappa shape index (κ2) is 4.10. The van der Waals surface area contributed by atoms with Crippen LogP contribution in [0.1, 0.15) is 0 Å². The third-order valence-electron chi connectivity index (χ3n) is 2.43. The van der Waals surface area contributed by atoms with Crippen molar-refractivity contribution in [3.05, 3.63) is 56.2 Å². The third-order valence-corrected chi connectivity index (χ3v) is 2.75. The summed E-state index contributed by atoms with van der Waals surface area (Å²) in [6, 6.07) is 7.97. The minimum atomic E-state index is -0.525. The molecular formula is C11H10ClN3O2. The van der Waals surface area contributed by atoms with Gasteiger partial charge in [-0.05, 0) is 12.1 Å². The van der Waals surface area contributed by atoms with Gasteiger partial charge in [-0.2, -0.15) is 0 Å². The zero-order chi connectivity index (χ0) is 12.6. The maximum Gasteiger partial charge on any atom is 0.336 e. The van der Waals surface area contributed by atoms with E-state index >= 15 is 0 Å². The highest BCUT2D eigenvalue weighted by molar-refractivity contribution is 6.32. The molecule has 2 rings (SSSR count). The third kappa shape index (κ3) is 1.85. The summed E-state index contributed by atoms with van der Waals surface area (Å²) in [5.74, 6) is 0.0613. The number of halogens is 1. The first-order valence-corrected chi connectivity index (χ1v) is 5.23. The Morgan fingerprint density at radius 1 is 1.24 bits per heavy atom. The molecular weight excluding hydrogens is 242 g/mol. The molecule has 1 aromatic carbocycles. The predicted molar refractivity (Wildman–Crippen MR) is 66.7 cm³/mol. The van der Waals surface area contributed by atoms with Gasteiger partial charge in [-0.3, -0.25) is 9.36 Å². The van der Waals surface area contributed by atoms with Gasteiger partial charge in [0.2, 0.25) is 0 Å². The average molecular weight is 252 g/mol. The molecule has 17 heavy (non-hydrogen) atoms. The predicted octanol–water partition coefficient (Wildman–Crippen LogP) is 0.772. The Kier molecular flexibility index (Phi) is 2.77. The van der Waals surface area contributed by atoms with Gasteiger partial charge in [0, 0.05) is 13.1 Å². The number of para-hydroxylation sites is 1. The van der Waals surface area contributed by atoms with E-state index in [9.17, 15) is 9.59 Å². The van der Waals surface area contributed by atoms with E-state index in [1.807, 2.05) is 0 Å². The summed E-state index contributed by atoms with van der Waals surface area (Å²) in [5, 5.41) is 0.389. The van der Waals surface area contributed by atoms with Gasteiger partial charge in [-0.1, -0.05) is 23.7 Å². The second-order valence-corrected chi connectivity index (χ2v) is 3.94. The molecule has 0 unspecified atom stereocenters. The Hall–Kier alpha value is -2.01. The fourth-order valence-electron chi connectivity index (χ4n) is 1.52. The smallest absolute Gasteiger partial charge is 0.336 e. The molecule has 0 aliphatic heterocycles. The summed E-state index contributed by atoms with van der Waals surface area (Å²) in [6.45, 7) is 0. The van der Waals surface area contributed by atoms with Gasteiger partial charge in [0.25, 0.3) is 5.56 Å². The van der Waals surface area contributed by atoms with Gasteiger partial charge in [0.1, 0.15) is 5.82 Å². The molecule has 0 fully saturated rings. The number of rotatable bonds is 1. The Bertz CT molecular complexity index is 688. The summed E-state index contributed by atoms with van der Waals surface area (Å²) < 4.78 is 2.17. The second-order valence-electron chi connectivity index (χ2n) is 3.54. The Labute approximate surface area is 102 Å². The van der Waals surface area contributed by atoms with E-state index in [-0.39, 0.29) is 5.82 Å². The number of benzene rings is 1. The number of hydrogen-bond acceptors (Lipinski definition) is 3. The molecule has 0 spiro atoms. The van der Waals surface area contributed by atoms with Crippen molar-refractivity contribution >= 4 is 17.4 Å². The number of hydrogen-bond donors (Lipinski definition) is 1. The molecule has 0 radical (unpaired) electrons. The van der Waals surface area contributed by atoms with Crippen molar-refractivity contribution in [1.82, 2.24) is 9.13 Å². The standard InChI is InChI=1S/C11H10ClN3O2/c1-14-10(16)6-9(13)15(11(14)17)8-5-3-2-4-7(8)12/h2-6H,13H2,1H3. The van der Waals surface area contributed by atoms with Gasteiger partial charge in [0.05, 0.1) is 10.7 Å². The van der Waals surface area contributed by atoms with Crippen molar-refractivity contribution in [2.75, 3.05) is 5.73 Å². The van der Waals surface area contributed by atoms with Crippen LogP contribution in [0.4, 0.5) is 5.82 Å². The molecule has 5 nitrogen and oxygen atoms in total. The first-order chi connectivity index (χ1) is 8.02. The molecule has 0 aliphatic carbocycles. The summed E-state index contributed by atoms with van der Waals surface area (Å²) >= 11 is 5.99. The summed E-state index contributed by atoms with van der Waals surface area (Å²) in [6.07, 6.45) is 0. The number of nitrogens with two attached hydrogens (primary N) is 1. The molecule has 6 heteroatoms. The largest absolute Gasteiger partial charge is 0.385 e. The molecule has 2 N–H and O–H groups in total. The molecule has 0 amide bonds. The van der Waals surface area contributed by atoms with Crippen molar-refractivity contribution in [2.45, 2.75) is 0 Å². The van der Waals surface area contributed by atoms with Crippen LogP contribution in [0.15, 0.2) is 39.9 Å². The lowest BCUT2D eigenvalue weighted by Crippen LogP contribution is -2.38. The van der Waals surface area contributed by atoms with E-state index in [4.69, 9.17) is 17.3 Å². The Balaban J connectivity index is 2.87. The van der Waals surface area contributed by atoms with Crippen molar-refractivity contribution in [3.8, 4) is 5.69 Å². The van der Waals surface area contributed by atoms with E-state index in [0.717, 1.165) is 4.57 Å². The Morgan fingerprint density at radius 3 is 2.53 bits per heavy atom. The lowest BCUT2D eigenvalue weighted by molar-refractivity contribution is 0.735. The quantitative estimate of drug-likeness (QED) is 0.814. The monoisotopic (exact) mass is 251 g/mol. The van der Waals surface area contributed by atoms with Crippen LogP contribution in [-0.4, -0.2) is 9.13 Å². The minimum absolute atomic E-state index is 0.0613. The molecule has 1 heterocycles. The zero-order valence-corrected chi connectivity index (χ0v) is 9.81. The van der Waals surface area contributed by atoms with Gasteiger partial charge in [-0.25, -0.2) is 9.36 Å². The van der Waals surface area contributed by atoms with E-state index < -0.39 is 11.2 Å². The molecule has 0 atom stereocenters. The topological polar surface area (TPSA) is 70.0 Å². The van der Waals surface area contributed by atoms with Crippen molar-refractivity contribution in [3.63, 3.8) is 0 Å². The van der Waals surface area contributed by atoms with Crippen LogP contribution in [0.2, 0.25) is 5.02 Å². The van der Waals surface area contributed by atoms with Gasteiger partial charge >= 0.3 is 5.69 Å². The summed E-state index contributed by atoms with van der Waals surface area (Å²) in [5.41, 5.74) is 5.16. The molecule has 1 aromatic heterocycles. The normalized spacial score (nSPS) is 10.5. The fourth-order valence-corrected chi connectivity index (χ4v) is 1.74. The van der Waals surface area contributed by atoms with Gasteiger partial charge in [-0.15, -0.1) is 0 Å². The summed E-state index contributed by atoms with van der Waals surface area (Å²) in [7, 11) is 1.39. The number of nitrogen functional groups attached to an aromatic ring is 1. The maximum absolute atomic E-state index is 12.0. The molecule has 0 saturated carbocycles. The van der Waals surface area contributed by atoms with E-state index in [1.54, 1.807) is 24.3 Å². The van der Waals surface area contributed by atoms with Crippen molar-refractivity contribution in [2.24, 2.45) is 7.05 Å². The van der Waals surface area contributed by atoms with Crippen LogP contribution in [0, 0.1) is 0 Å². The maximum atomic E-state index is 12.0. The number of aromatic nitrogens is 2. The highest BCUT2D eigenvalue weighted by Crippen LogP contribution is 2.19. The zero-order valence-electron chi connectivity index (χ0n) is 9.05. The van der Waals surface area contributed by atoms with Gasteiger partial charge < -0.3 is 5.73 Å². The highest BCUT2D eigenvalue weighted by Gasteiger charge is 2.10. The Morgan fingerprint density at radius 2 is 1.88 bits per heavy atom. The fraction of sp³-hybridized carbons (Fsp3) is 0.0909. The molecule has 0 aliphatic rings. The minimum Gasteiger partial charge on any atom is -0.385 e. The van der Waals surface area contributed by atoms with Crippen LogP contribution in [0.3, 0.4) is 0 Å². The molecule has 0 saturated heterocycles. The molecule has 88 valence electrons. The number of anilines is 1. The van der Waals surface area contributed by atoms with Crippen molar-refractivity contribution < 1.29 is 0 Å². The van der Waals surface area contributed by atoms with E-state index in [0.29, 0.717) is 10.7 Å². The molecule has 0 bridgehead atoms. The van der Waals surface area contributed by atoms with Crippen LogP contribution >= 0.6 is 11.6 Å². The first-order valence-electron chi connectivity index (χ1n) is 4.86. The van der Waals surface area contributed by atoms with E-state index in [2.05, 4.69) is 0 Å². The van der Waals surface area contributed by atoms with Crippen LogP contribution < -0.4 is 17.0 Å². The summed E-state index contributed by atoms with van der Waals surface area (Å²) in [4.78, 5) is 23.3. The average Bonchev–Trinajstić information content (AvgIpc) is 2.29. The first kappa shape index (κ1) is 11.5. The van der Waals surface area contributed by atoms with Crippen molar-refractivity contribution in [1.29, 1.82) is 0 Å². The lowest BCUT2D eigenvalue weighted by atomic mass is 10.3. The number of nitrogens with zero attached hydrogens (tertiary/aromatic N) is 2. The highest BCUT2D eigenvalue weighted by atomic mass is 35.5. The SMILES string of the molecule is Cn1c(=O)cc(N)n(-c2ccccc2Cl)c1=O.